The normalized spacial score (nSPS) is 11.0. The number of benzene rings is 1. The fraction of sp³-hybridized carbons (Fsp3) is 0.231. The summed E-state index contributed by atoms with van der Waals surface area (Å²) in [6.45, 7) is 4.06. The van der Waals surface area contributed by atoms with Crippen molar-refractivity contribution in [2.45, 2.75) is 19.8 Å². The zero-order chi connectivity index (χ0) is 14.2. The summed E-state index contributed by atoms with van der Waals surface area (Å²) in [7, 11) is 0. The highest BCUT2D eigenvalue weighted by Gasteiger charge is 2.23. The van der Waals surface area contributed by atoms with Gasteiger partial charge in [-0.25, -0.2) is 9.48 Å². The van der Waals surface area contributed by atoms with Crippen LogP contribution < -0.4 is 0 Å². The van der Waals surface area contributed by atoms with Gasteiger partial charge in [-0.1, -0.05) is 29.8 Å². The lowest BCUT2D eigenvalue weighted by Crippen LogP contribution is -2.04. The van der Waals surface area contributed by atoms with Crippen molar-refractivity contribution >= 4 is 44.5 Å². The van der Waals surface area contributed by atoms with Crippen LogP contribution in [0.15, 0.2) is 28.7 Å². The summed E-state index contributed by atoms with van der Waals surface area (Å²) < 4.78 is 3.38. The molecule has 100 valence electrons. The van der Waals surface area contributed by atoms with Gasteiger partial charge in [0.05, 0.1) is 15.0 Å². The van der Waals surface area contributed by atoms with Crippen LogP contribution in [0.25, 0.3) is 5.69 Å². The second-order valence-corrected chi connectivity index (χ2v) is 6.39. The van der Waals surface area contributed by atoms with Crippen LogP contribution in [-0.4, -0.2) is 20.9 Å². The van der Waals surface area contributed by atoms with Gasteiger partial charge < -0.3 is 5.11 Å². The average Bonchev–Trinajstić information content (AvgIpc) is 2.68. The SMILES string of the molecule is CC(C)c1c(I)c(C(=O)O)nn1-c1ccc(Br)cc1. The number of carboxylic acid groups (broad SMARTS) is 1. The molecule has 2 rings (SSSR count). The molecular formula is C13H12BrIN2O2. The number of carboxylic acids is 1. The van der Waals surface area contributed by atoms with Gasteiger partial charge in [-0.05, 0) is 52.8 Å². The number of carbonyl (C=O) groups is 1. The van der Waals surface area contributed by atoms with Gasteiger partial charge in [-0.3, -0.25) is 0 Å². The molecule has 0 amide bonds. The van der Waals surface area contributed by atoms with E-state index in [9.17, 15) is 9.90 Å². The smallest absolute Gasteiger partial charge is 0.357 e. The molecule has 0 spiro atoms. The quantitative estimate of drug-likeness (QED) is 0.741. The predicted molar refractivity (Wildman–Crippen MR) is 85.0 cm³/mol. The largest absolute Gasteiger partial charge is 0.476 e. The molecule has 0 atom stereocenters. The summed E-state index contributed by atoms with van der Waals surface area (Å²) in [5, 5.41) is 13.4. The Bertz CT molecular complexity index is 620. The van der Waals surface area contributed by atoms with E-state index < -0.39 is 5.97 Å². The number of aromatic nitrogens is 2. The summed E-state index contributed by atoms with van der Waals surface area (Å²) in [4.78, 5) is 11.2. The van der Waals surface area contributed by atoms with Crippen molar-refractivity contribution in [3.63, 3.8) is 0 Å². The maximum absolute atomic E-state index is 11.2. The van der Waals surface area contributed by atoms with Gasteiger partial charge in [-0.2, -0.15) is 5.10 Å². The van der Waals surface area contributed by atoms with Crippen molar-refractivity contribution in [3.05, 3.63) is 43.7 Å². The van der Waals surface area contributed by atoms with E-state index in [-0.39, 0.29) is 11.6 Å². The molecule has 0 aliphatic heterocycles. The minimum absolute atomic E-state index is 0.104. The third kappa shape index (κ3) is 2.84. The minimum atomic E-state index is -0.998. The van der Waals surface area contributed by atoms with E-state index in [0.29, 0.717) is 3.57 Å². The van der Waals surface area contributed by atoms with Crippen LogP contribution in [-0.2, 0) is 0 Å². The van der Waals surface area contributed by atoms with Crippen LogP contribution >= 0.6 is 38.5 Å². The van der Waals surface area contributed by atoms with Crippen molar-refractivity contribution in [2.24, 2.45) is 0 Å². The molecule has 0 aliphatic rings. The standard InChI is InChI=1S/C13H12BrIN2O2/c1-7(2)12-10(15)11(13(18)19)16-17(12)9-5-3-8(14)4-6-9/h3-7H,1-2H3,(H,18,19). The second kappa shape index (κ2) is 5.62. The van der Waals surface area contributed by atoms with Crippen molar-refractivity contribution in [1.29, 1.82) is 0 Å². The summed E-state index contributed by atoms with van der Waals surface area (Å²) in [6, 6.07) is 7.64. The lowest BCUT2D eigenvalue weighted by Gasteiger charge is -2.10. The van der Waals surface area contributed by atoms with Crippen LogP contribution in [0, 0.1) is 3.57 Å². The number of aromatic carboxylic acids is 1. The van der Waals surface area contributed by atoms with Gasteiger partial charge in [-0.15, -0.1) is 0 Å². The first-order chi connectivity index (χ1) is 8.91. The highest BCUT2D eigenvalue weighted by atomic mass is 127. The molecule has 0 radical (unpaired) electrons. The minimum Gasteiger partial charge on any atom is -0.476 e. The van der Waals surface area contributed by atoms with E-state index in [0.717, 1.165) is 15.9 Å². The first kappa shape index (κ1) is 14.5. The molecule has 2 aromatic rings. The lowest BCUT2D eigenvalue weighted by atomic mass is 10.1. The molecule has 0 aliphatic carbocycles. The Morgan fingerprint density at radius 1 is 1.37 bits per heavy atom. The summed E-state index contributed by atoms with van der Waals surface area (Å²) in [6.07, 6.45) is 0. The van der Waals surface area contributed by atoms with Crippen molar-refractivity contribution in [3.8, 4) is 5.69 Å². The molecule has 1 aromatic heterocycles. The summed E-state index contributed by atoms with van der Waals surface area (Å²) >= 11 is 5.44. The number of halogens is 2. The molecular weight excluding hydrogens is 423 g/mol. The number of hydrogen-bond donors (Lipinski definition) is 1. The zero-order valence-electron chi connectivity index (χ0n) is 10.4. The van der Waals surface area contributed by atoms with E-state index in [1.165, 1.54) is 0 Å². The Hall–Kier alpha value is -0.890. The Labute approximate surface area is 133 Å². The fourth-order valence-corrected chi connectivity index (χ4v) is 3.28. The van der Waals surface area contributed by atoms with Crippen LogP contribution in [0.5, 0.6) is 0 Å². The molecule has 0 saturated carbocycles. The van der Waals surface area contributed by atoms with Gasteiger partial charge >= 0.3 is 5.97 Å². The maximum atomic E-state index is 11.2. The molecule has 0 unspecified atom stereocenters. The molecule has 19 heavy (non-hydrogen) atoms. The maximum Gasteiger partial charge on any atom is 0.357 e. The third-order valence-electron chi connectivity index (χ3n) is 2.68. The average molecular weight is 435 g/mol. The van der Waals surface area contributed by atoms with Crippen molar-refractivity contribution in [1.82, 2.24) is 9.78 Å². The van der Waals surface area contributed by atoms with Gasteiger partial charge in [0, 0.05) is 4.47 Å². The first-order valence-electron chi connectivity index (χ1n) is 5.69. The van der Waals surface area contributed by atoms with Gasteiger partial charge in [0.15, 0.2) is 5.69 Å². The monoisotopic (exact) mass is 434 g/mol. The van der Waals surface area contributed by atoms with Crippen LogP contribution in [0.4, 0.5) is 0 Å². The highest BCUT2D eigenvalue weighted by Crippen LogP contribution is 2.27. The Balaban J connectivity index is 2.65. The van der Waals surface area contributed by atoms with E-state index in [1.54, 1.807) is 4.68 Å². The van der Waals surface area contributed by atoms with E-state index >= 15 is 0 Å². The molecule has 0 bridgehead atoms. The fourth-order valence-electron chi connectivity index (χ4n) is 1.83. The summed E-state index contributed by atoms with van der Waals surface area (Å²) in [5.74, 6) is -0.807. The van der Waals surface area contributed by atoms with Crippen molar-refractivity contribution in [2.75, 3.05) is 0 Å². The van der Waals surface area contributed by atoms with E-state index in [4.69, 9.17) is 0 Å². The van der Waals surface area contributed by atoms with Crippen molar-refractivity contribution < 1.29 is 9.90 Å². The highest BCUT2D eigenvalue weighted by molar-refractivity contribution is 14.1. The van der Waals surface area contributed by atoms with Gasteiger partial charge in [0.25, 0.3) is 0 Å². The lowest BCUT2D eigenvalue weighted by molar-refractivity contribution is 0.0689. The molecule has 1 heterocycles. The molecule has 1 aromatic carbocycles. The number of nitrogens with zero attached hydrogens (tertiary/aromatic N) is 2. The van der Waals surface area contributed by atoms with E-state index in [2.05, 4.69) is 43.6 Å². The van der Waals surface area contributed by atoms with Crippen LogP contribution in [0.2, 0.25) is 0 Å². The Morgan fingerprint density at radius 3 is 2.42 bits per heavy atom. The number of rotatable bonds is 3. The van der Waals surface area contributed by atoms with E-state index in [1.807, 2.05) is 38.1 Å². The molecule has 0 saturated heterocycles. The Kier molecular flexibility index (Phi) is 4.29. The molecule has 6 heteroatoms. The third-order valence-corrected chi connectivity index (χ3v) is 4.27. The summed E-state index contributed by atoms with van der Waals surface area (Å²) in [5.41, 5.74) is 1.88. The molecule has 0 fully saturated rings. The zero-order valence-corrected chi connectivity index (χ0v) is 14.1. The van der Waals surface area contributed by atoms with Crippen LogP contribution in [0.1, 0.15) is 35.9 Å². The molecule has 4 nitrogen and oxygen atoms in total. The second-order valence-electron chi connectivity index (χ2n) is 4.40. The van der Waals surface area contributed by atoms with Gasteiger partial charge in [0.1, 0.15) is 0 Å². The molecule has 1 N–H and O–H groups in total. The first-order valence-corrected chi connectivity index (χ1v) is 7.56. The van der Waals surface area contributed by atoms with Crippen LogP contribution in [0.3, 0.4) is 0 Å². The topological polar surface area (TPSA) is 55.1 Å². The number of hydrogen-bond acceptors (Lipinski definition) is 2. The van der Waals surface area contributed by atoms with Gasteiger partial charge in [0.2, 0.25) is 0 Å². The predicted octanol–water partition coefficient (Wildman–Crippen LogP) is 4.06. The Morgan fingerprint density at radius 2 is 1.95 bits per heavy atom.